The highest BCUT2D eigenvalue weighted by Gasteiger charge is 2.60. The lowest BCUT2D eigenvalue weighted by molar-refractivity contribution is -0.193. The molecule has 2 aliphatic rings. The third-order valence-corrected chi connectivity index (χ3v) is 5.76. The molecule has 0 bridgehead atoms. The van der Waals surface area contributed by atoms with Crippen LogP contribution in [0.15, 0.2) is 12.2 Å². The van der Waals surface area contributed by atoms with Gasteiger partial charge in [-0.1, -0.05) is 13.5 Å². The predicted molar refractivity (Wildman–Crippen MR) is 81.5 cm³/mol. The lowest BCUT2D eigenvalue weighted by atomic mass is 9.51. The van der Waals surface area contributed by atoms with Gasteiger partial charge in [-0.05, 0) is 32.1 Å². The maximum absolute atomic E-state index is 12.2. The number of aliphatic hydroxyl groups is 1. The van der Waals surface area contributed by atoms with Crippen molar-refractivity contribution in [2.24, 2.45) is 17.3 Å². The van der Waals surface area contributed by atoms with Crippen molar-refractivity contribution in [2.75, 3.05) is 0 Å². The van der Waals surface area contributed by atoms with Crippen LogP contribution in [-0.4, -0.2) is 39.6 Å². The number of ether oxygens (including phenoxy) is 1. The lowest BCUT2D eigenvalue weighted by Gasteiger charge is -2.56. The number of carbonyl (C=O) groups is 3. The molecule has 0 heterocycles. The fourth-order valence-corrected chi connectivity index (χ4v) is 4.28. The molecule has 0 aliphatic heterocycles. The third-order valence-electron chi connectivity index (χ3n) is 5.76. The minimum Gasteiger partial charge on any atom is -0.478 e. The van der Waals surface area contributed by atoms with Gasteiger partial charge in [0.1, 0.15) is 11.7 Å². The smallest absolute Gasteiger partial charge is 0.331 e. The van der Waals surface area contributed by atoms with E-state index < -0.39 is 40.9 Å². The first kappa shape index (κ1) is 17.7. The maximum Gasteiger partial charge on any atom is 0.331 e. The predicted octanol–water partition coefficient (Wildman–Crippen LogP) is 1.71. The van der Waals surface area contributed by atoms with E-state index in [0.29, 0.717) is 19.3 Å². The van der Waals surface area contributed by atoms with Crippen LogP contribution < -0.4 is 0 Å². The van der Waals surface area contributed by atoms with E-state index in [-0.39, 0.29) is 17.8 Å². The van der Waals surface area contributed by atoms with Crippen molar-refractivity contribution in [2.45, 2.75) is 58.2 Å². The molecule has 0 radical (unpaired) electrons. The van der Waals surface area contributed by atoms with Crippen molar-refractivity contribution in [1.82, 2.24) is 0 Å². The van der Waals surface area contributed by atoms with Crippen LogP contribution in [0.4, 0.5) is 0 Å². The maximum atomic E-state index is 12.2. The molecule has 2 saturated carbocycles. The quantitative estimate of drug-likeness (QED) is 0.605. The highest BCUT2D eigenvalue weighted by molar-refractivity contribution is 5.89. The molecule has 0 aromatic rings. The van der Waals surface area contributed by atoms with Crippen molar-refractivity contribution in [1.29, 1.82) is 0 Å². The molecule has 2 aliphatic carbocycles. The number of hydrogen-bond acceptors (Lipinski definition) is 5. The van der Waals surface area contributed by atoms with Crippen molar-refractivity contribution in [3.05, 3.63) is 12.2 Å². The number of ketones is 1. The van der Waals surface area contributed by atoms with Crippen LogP contribution >= 0.6 is 0 Å². The van der Waals surface area contributed by atoms with Crippen molar-refractivity contribution >= 4 is 17.7 Å². The minimum atomic E-state index is -1.55. The van der Waals surface area contributed by atoms with Crippen molar-refractivity contribution in [3.63, 3.8) is 0 Å². The topological polar surface area (TPSA) is 101 Å². The molecule has 6 heteroatoms. The molecule has 0 spiro atoms. The first-order valence-electron chi connectivity index (χ1n) is 7.85. The number of carboxylic acids is 1. The molecule has 0 aromatic carbocycles. The Hall–Kier alpha value is -1.69. The van der Waals surface area contributed by atoms with Crippen LogP contribution in [0.1, 0.15) is 46.5 Å². The number of hydrogen-bond donors (Lipinski definition) is 2. The number of carbonyl (C=O) groups excluding carboxylic acids is 2. The molecule has 2 N–H and O–H groups in total. The van der Waals surface area contributed by atoms with Crippen molar-refractivity contribution < 1.29 is 29.3 Å². The summed E-state index contributed by atoms with van der Waals surface area (Å²) in [5.74, 6) is -2.72. The summed E-state index contributed by atoms with van der Waals surface area (Å²) in [6, 6.07) is 0. The largest absolute Gasteiger partial charge is 0.478 e. The summed E-state index contributed by atoms with van der Waals surface area (Å²) >= 11 is 0. The molecule has 0 amide bonds. The van der Waals surface area contributed by atoms with E-state index in [1.54, 1.807) is 0 Å². The summed E-state index contributed by atoms with van der Waals surface area (Å²) in [5, 5.41) is 19.9. The van der Waals surface area contributed by atoms with E-state index in [0.717, 1.165) is 0 Å². The molecule has 23 heavy (non-hydrogen) atoms. The summed E-state index contributed by atoms with van der Waals surface area (Å²) in [4.78, 5) is 34.9. The Kier molecular flexibility index (Phi) is 4.41. The molecule has 128 valence electrons. The molecule has 0 saturated heterocycles. The van der Waals surface area contributed by atoms with Gasteiger partial charge in [0.05, 0.1) is 0 Å². The van der Waals surface area contributed by atoms with E-state index in [4.69, 9.17) is 4.74 Å². The molecule has 2 fully saturated rings. The summed E-state index contributed by atoms with van der Waals surface area (Å²) < 4.78 is 5.46. The molecule has 5 unspecified atom stereocenters. The zero-order valence-corrected chi connectivity index (χ0v) is 13.8. The number of aliphatic carboxylic acids is 1. The van der Waals surface area contributed by atoms with Crippen LogP contribution in [0.2, 0.25) is 0 Å². The number of esters is 1. The van der Waals surface area contributed by atoms with Gasteiger partial charge in [-0.2, -0.15) is 0 Å². The Balaban J connectivity index is 2.42. The fraction of sp³-hybridized carbons (Fsp3) is 0.706. The van der Waals surface area contributed by atoms with Crippen LogP contribution in [-0.2, 0) is 19.1 Å². The molecule has 2 rings (SSSR count). The van der Waals surface area contributed by atoms with Crippen molar-refractivity contribution in [3.8, 4) is 0 Å². The summed E-state index contributed by atoms with van der Waals surface area (Å²) in [5.41, 5.74) is -2.08. The van der Waals surface area contributed by atoms with Gasteiger partial charge in [0.15, 0.2) is 5.78 Å². The van der Waals surface area contributed by atoms with Gasteiger partial charge in [-0.25, -0.2) is 4.79 Å². The van der Waals surface area contributed by atoms with Gasteiger partial charge in [-0.3, -0.25) is 9.59 Å². The van der Waals surface area contributed by atoms with Gasteiger partial charge in [0.25, 0.3) is 0 Å². The third kappa shape index (κ3) is 2.92. The highest BCUT2D eigenvalue weighted by atomic mass is 16.5. The minimum absolute atomic E-state index is 0.0259. The van der Waals surface area contributed by atoms with E-state index in [1.165, 1.54) is 13.8 Å². The number of fused-ring (bicyclic) bond motifs is 1. The Bertz CT molecular complexity index is 563. The first-order chi connectivity index (χ1) is 10.5. The van der Waals surface area contributed by atoms with E-state index >= 15 is 0 Å². The van der Waals surface area contributed by atoms with E-state index in [2.05, 4.69) is 6.58 Å². The second kappa shape index (κ2) is 5.74. The van der Waals surface area contributed by atoms with Gasteiger partial charge in [0, 0.05) is 30.3 Å². The monoisotopic (exact) mass is 324 g/mol. The Morgan fingerprint density at radius 2 is 1.91 bits per heavy atom. The fourth-order valence-electron chi connectivity index (χ4n) is 4.28. The average Bonchev–Trinajstić information content (AvgIpc) is 2.44. The zero-order valence-electron chi connectivity index (χ0n) is 13.8. The second-order valence-corrected chi connectivity index (χ2v) is 7.23. The second-order valence-electron chi connectivity index (χ2n) is 7.23. The Morgan fingerprint density at radius 3 is 2.43 bits per heavy atom. The number of Topliss-reactive ketones (excluding diaryl/α,β-unsaturated/α-hetero) is 1. The molecular formula is C17H24O6. The van der Waals surface area contributed by atoms with E-state index in [1.807, 2.05) is 6.92 Å². The summed E-state index contributed by atoms with van der Waals surface area (Å²) in [6.07, 6.45) is 0.888. The molecule has 0 aromatic heterocycles. The SMILES string of the molecule is C=C(C(=O)O)C1CC(OC(C)=O)C2(C)CCC(=O)C(C)(O)C2C1. The highest BCUT2D eigenvalue weighted by Crippen LogP contribution is 2.56. The molecular weight excluding hydrogens is 300 g/mol. The summed E-state index contributed by atoms with van der Waals surface area (Å²) in [7, 11) is 0. The van der Waals surface area contributed by atoms with Crippen LogP contribution in [0.3, 0.4) is 0 Å². The number of carboxylic acid groups (broad SMARTS) is 1. The lowest BCUT2D eigenvalue weighted by Crippen LogP contribution is -2.61. The first-order valence-corrected chi connectivity index (χ1v) is 7.85. The van der Waals surface area contributed by atoms with Crippen LogP contribution in [0, 0.1) is 17.3 Å². The molecule has 5 atom stereocenters. The average molecular weight is 324 g/mol. The number of rotatable bonds is 3. The normalized spacial score (nSPS) is 40.2. The standard InChI is InChI=1S/C17H24O6/c1-9(15(20)21)11-7-12-16(3,14(8-11)23-10(2)18)6-5-13(19)17(12,4)22/h11-12,14,22H,1,5-8H2,2-4H3,(H,20,21). The van der Waals surface area contributed by atoms with E-state index in [9.17, 15) is 24.6 Å². The van der Waals surface area contributed by atoms with Gasteiger partial charge >= 0.3 is 11.9 Å². The van der Waals surface area contributed by atoms with Gasteiger partial charge < -0.3 is 14.9 Å². The Labute approximate surface area is 135 Å². The van der Waals surface area contributed by atoms with Crippen LogP contribution in [0.5, 0.6) is 0 Å². The molecule has 6 nitrogen and oxygen atoms in total. The zero-order chi connectivity index (χ0) is 17.6. The Morgan fingerprint density at radius 1 is 1.30 bits per heavy atom. The van der Waals surface area contributed by atoms with Crippen LogP contribution in [0.25, 0.3) is 0 Å². The van der Waals surface area contributed by atoms with Gasteiger partial charge in [0.2, 0.25) is 0 Å². The van der Waals surface area contributed by atoms with Gasteiger partial charge in [-0.15, -0.1) is 0 Å². The summed E-state index contributed by atoms with van der Waals surface area (Å²) in [6.45, 7) is 8.31.